The van der Waals surface area contributed by atoms with E-state index in [1.54, 1.807) is 0 Å². The van der Waals surface area contributed by atoms with Crippen LogP contribution in [-0.2, 0) is 24.7 Å². The summed E-state index contributed by atoms with van der Waals surface area (Å²) in [5, 5.41) is 7.73. The number of sulfonamides is 1. The van der Waals surface area contributed by atoms with E-state index in [0.717, 1.165) is 17.0 Å². The lowest BCUT2D eigenvalue weighted by Crippen LogP contribution is -2.25. The van der Waals surface area contributed by atoms with E-state index < -0.39 is 41.5 Å². The summed E-state index contributed by atoms with van der Waals surface area (Å²) in [5.74, 6) is -3.43. The van der Waals surface area contributed by atoms with Crippen molar-refractivity contribution in [3.05, 3.63) is 48.5 Å². The molecule has 0 aliphatic carbocycles. The van der Waals surface area contributed by atoms with Crippen molar-refractivity contribution in [2.24, 2.45) is 5.14 Å². The van der Waals surface area contributed by atoms with Gasteiger partial charge in [-0.3, -0.25) is 0 Å². The van der Waals surface area contributed by atoms with Crippen LogP contribution in [0.25, 0.3) is 0 Å². The topological polar surface area (TPSA) is 123 Å². The first kappa shape index (κ1) is 23.3. The number of carbonyl (C=O) groups excluding carboxylic acids is 1. The van der Waals surface area contributed by atoms with Gasteiger partial charge in [-0.15, -0.1) is 11.8 Å². The molecule has 0 fully saturated rings. The molecule has 0 radical (unpaired) electrons. The zero-order valence-corrected chi connectivity index (χ0v) is 17.3. The Bertz CT molecular complexity index is 1060. The molecule has 2 aromatic rings. The Kier molecular flexibility index (Phi) is 7.74. The van der Waals surface area contributed by atoms with Gasteiger partial charge in [0.2, 0.25) is 19.9 Å². The zero-order chi connectivity index (χ0) is 21.7. The van der Waals surface area contributed by atoms with E-state index in [4.69, 9.17) is 5.14 Å². The Morgan fingerprint density at radius 3 is 2.28 bits per heavy atom. The van der Waals surface area contributed by atoms with Crippen molar-refractivity contribution in [1.29, 1.82) is 0 Å². The van der Waals surface area contributed by atoms with Crippen molar-refractivity contribution < 1.29 is 30.4 Å². The third-order valence-electron chi connectivity index (χ3n) is 3.76. The molecule has 7 nitrogen and oxygen atoms in total. The molecular weight excluding hydrogens is 446 g/mol. The van der Waals surface area contributed by atoms with Crippen molar-refractivity contribution in [3.63, 3.8) is 0 Å². The van der Waals surface area contributed by atoms with Crippen molar-refractivity contribution in [2.75, 3.05) is 11.1 Å². The highest BCUT2D eigenvalue weighted by molar-refractivity contribution is 7.99. The van der Waals surface area contributed by atoms with Crippen LogP contribution in [-0.4, -0.2) is 40.7 Å². The number of hydrogen-bond acceptors (Lipinski definition) is 7. The van der Waals surface area contributed by atoms with E-state index in [2.05, 4.69) is 5.32 Å². The third-order valence-corrected chi connectivity index (χ3v) is 7.26. The molecule has 0 amide bonds. The van der Waals surface area contributed by atoms with Crippen LogP contribution >= 0.6 is 11.8 Å². The summed E-state index contributed by atoms with van der Waals surface area (Å²) in [6.07, 6.45) is 0.591. The molecule has 29 heavy (non-hydrogen) atoms. The average Bonchev–Trinajstić information content (AvgIpc) is 2.66. The highest BCUT2D eigenvalue weighted by atomic mass is 32.2. The van der Waals surface area contributed by atoms with Gasteiger partial charge in [-0.2, -0.15) is 8.78 Å². The van der Waals surface area contributed by atoms with Crippen LogP contribution in [0.4, 0.5) is 14.5 Å². The van der Waals surface area contributed by atoms with Crippen molar-refractivity contribution in [3.8, 4) is 0 Å². The van der Waals surface area contributed by atoms with Crippen LogP contribution in [0.15, 0.2) is 63.2 Å². The monoisotopic (exact) mass is 464 g/mol. The van der Waals surface area contributed by atoms with E-state index in [-0.39, 0.29) is 12.1 Å². The van der Waals surface area contributed by atoms with Crippen molar-refractivity contribution >= 4 is 43.6 Å². The first-order valence-corrected chi connectivity index (χ1v) is 12.2. The number of nitrogens with one attached hydrogen (secondary N) is 1. The smallest absolute Gasteiger partial charge is 0.341 e. The van der Waals surface area contributed by atoms with Crippen molar-refractivity contribution in [2.45, 2.75) is 32.9 Å². The first-order valence-electron chi connectivity index (χ1n) is 8.12. The number of aldehydes is 1. The fourth-order valence-corrected chi connectivity index (χ4v) is 4.84. The molecule has 0 spiro atoms. The van der Waals surface area contributed by atoms with Gasteiger partial charge in [-0.1, -0.05) is 18.2 Å². The molecule has 1 atom stereocenters. The van der Waals surface area contributed by atoms with Gasteiger partial charge in [-0.25, -0.2) is 22.0 Å². The molecule has 2 rings (SSSR count). The molecule has 0 saturated carbocycles. The number of nitrogens with two attached hydrogens (primary N) is 1. The number of primary sulfonamides is 1. The number of anilines is 1. The number of thioether (sulfide) groups is 1. The van der Waals surface area contributed by atoms with Gasteiger partial charge in [0.25, 0.3) is 0 Å². The third kappa shape index (κ3) is 6.23. The summed E-state index contributed by atoms with van der Waals surface area (Å²) >= 11 is 1.38. The number of carbonyl (C=O) groups is 1. The molecular formula is C17H18F2N2O5S3. The molecule has 158 valence electrons. The van der Waals surface area contributed by atoms with Crippen LogP contribution in [0.3, 0.4) is 0 Å². The number of rotatable bonds is 10. The van der Waals surface area contributed by atoms with Crippen LogP contribution in [0.2, 0.25) is 0 Å². The Hall–Kier alpha value is -2.02. The molecule has 0 bridgehead atoms. The second kappa shape index (κ2) is 9.65. The van der Waals surface area contributed by atoms with Gasteiger partial charge in [0.15, 0.2) is 0 Å². The van der Waals surface area contributed by atoms with Gasteiger partial charge in [0.1, 0.15) is 6.29 Å². The minimum absolute atomic E-state index is 0.0229. The molecule has 1 unspecified atom stereocenters. The molecule has 0 aromatic heterocycles. The molecule has 0 heterocycles. The minimum Gasteiger partial charge on any atom is -0.380 e. The van der Waals surface area contributed by atoms with Crippen LogP contribution in [0, 0.1) is 0 Å². The van der Waals surface area contributed by atoms with Crippen molar-refractivity contribution in [1.82, 2.24) is 0 Å². The highest BCUT2D eigenvalue weighted by Crippen LogP contribution is 2.30. The molecule has 0 saturated heterocycles. The Labute approximate surface area is 171 Å². The molecule has 12 heteroatoms. The summed E-state index contributed by atoms with van der Waals surface area (Å²) in [5.41, 5.74) is -0.238. The van der Waals surface area contributed by atoms with E-state index >= 15 is 0 Å². The summed E-state index contributed by atoms with van der Waals surface area (Å²) in [6, 6.07) is 11.2. The van der Waals surface area contributed by atoms with Gasteiger partial charge >= 0.3 is 5.76 Å². The lowest BCUT2D eigenvalue weighted by molar-refractivity contribution is -0.107. The first-order chi connectivity index (χ1) is 13.6. The van der Waals surface area contributed by atoms with Gasteiger partial charge < -0.3 is 10.1 Å². The quantitative estimate of drug-likeness (QED) is 0.409. The Balaban J connectivity index is 2.38. The van der Waals surface area contributed by atoms with E-state index in [1.165, 1.54) is 11.8 Å². The zero-order valence-electron chi connectivity index (χ0n) is 14.9. The molecule has 2 aromatic carbocycles. The lowest BCUT2D eigenvalue weighted by Gasteiger charge is -2.20. The fraction of sp³-hybridized carbons (Fsp3) is 0.235. The SMILES string of the molecule is NS(=O)(=O)c1ccc(NC(CC=O)CSc2ccccc2)c(S(=O)(=O)C(F)F)c1. The lowest BCUT2D eigenvalue weighted by atomic mass is 10.2. The predicted octanol–water partition coefficient (Wildman–Crippen LogP) is 2.49. The number of hydrogen-bond donors (Lipinski definition) is 2. The summed E-state index contributed by atoms with van der Waals surface area (Å²) < 4.78 is 73.3. The maximum atomic E-state index is 13.1. The van der Waals surface area contributed by atoms with Crippen LogP contribution in [0.1, 0.15) is 6.42 Å². The van der Waals surface area contributed by atoms with E-state index in [9.17, 15) is 30.4 Å². The van der Waals surface area contributed by atoms with Gasteiger partial charge in [-0.05, 0) is 30.3 Å². The maximum absolute atomic E-state index is 13.1. The number of halogens is 2. The Morgan fingerprint density at radius 1 is 1.07 bits per heavy atom. The second-order valence-electron chi connectivity index (χ2n) is 5.88. The highest BCUT2D eigenvalue weighted by Gasteiger charge is 2.31. The number of sulfone groups is 1. The average molecular weight is 465 g/mol. The van der Waals surface area contributed by atoms with Crippen LogP contribution in [0.5, 0.6) is 0 Å². The number of alkyl halides is 2. The molecule has 0 aliphatic rings. The largest absolute Gasteiger partial charge is 0.380 e. The normalized spacial score (nSPS) is 13.2. The summed E-state index contributed by atoms with van der Waals surface area (Å²) in [4.78, 5) is 10.4. The maximum Gasteiger partial charge on any atom is 0.341 e. The summed E-state index contributed by atoms with van der Waals surface area (Å²) in [6.45, 7) is 0. The second-order valence-corrected chi connectivity index (χ2v) is 10.4. The standard InChI is InChI=1S/C17H18F2N2O5S3/c18-17(19)28(23,24)16-10-14(29(20,25)26)6-7-15(16)21-12(8-9-22)11-27-13-4-2-1-3-5-13/h1-7,9-10,12,17,21H,8,11H2,(H2,20,25,26). The predicted molar refractivity (Wildman–Crippen MR) is 106 cm³/mol. The summed E-state index contributed by atoms with van der Waals surface area (Å²) in [7, 11) is -9.44. The minimum atomic E-state index is -5.13. The fourth-order valence-electron chi connectivity index (χ4n) is 2.35. The van der Waals surface area contributed by atoms with Gasteiger partial charge in [0.05, 0.1) is 15.5 Å². The van der Waals surface area contributed by atoms with Crippen LogP contribution < -0.4 is 10.5 Å². The molecule has 3 N–H and O–H groups in total. The molecule has 0 aliphatic heterocycles. The van der Waals surface area contributed by atoms with E-state index in [1.807, 2.05) is 30.3 Å². The Morgan fingerprint density at radius 2 is 1.72 bits per heavy atom. The van der Waals surface area contributed by atoms with Gasteiger partial charge in [0, 0.05) is 23.1 Å². The number of benzene rings is 2. The van der Waals surface area contributed by atoms with E-state index in [0.29, 0.717) is 18.1 Å².